The second-order valence-electron chi connectivity index (χ2n) is 6.81. The first-order chi connectivity index (χ1) is 7.54. The summed E-state index contributed by atoms with van der Waals surface area (Å²) in [5, 5.41) is 3.73. The summed E-state index contributed by atoms with van der Waals surface area (Å²) in [5.74, 6) is 0. The van der Waals surface area contributed by atoms with Crippen LogP contribution in [0.3, 0.4) is 0 Å². The van der Waals surface area contributed by atoms with Gasteiger partial charge in [0, 0.05) is 12.1 Å². The van der Waals surface area contributed by atoms with Crippen LogP contribution in [0.15, 0.2) is 0 Å². The van der Waals surface area contributed by atoms with E-state index in [9.17, 15) is 0 Å². The van der Waals surface area contributed by atoms with Crippen molar-refractivity contribution in [2.24, 2.45) is 5.41 Å². The number of nitrogens with one attached hydrogen (secondary N) is 1. The maximum atomic E-state index is 3.73. The normalized spacial score (nSPS) is 24.9. The van der Waals surface area contributed by atoms with Crippen molar-refractivity contribution in [3.8, 4) is 0 Å². The van der Waals surface area contributed by atoms with E-state index in [1.807, 2.05) is 0 Å². The summed E-state index contributed by atoms with van der Waals surface area (Å²) in [6.45, 7) is 10.8. The van der Waals surface area contributed by atoms with Gasteiger partial charge >= 0.3 is 0 Å². The predicted molar refractivity (Wildman–Crippen MR) is 69.7 cm³/mol. The van der Waals surface area contributed by atoms with E-state index in [0.717, 1.165) is 12.1 Å². The van der Waals surface area contributed by atoms with Crippen LogP contribution in [0.4, 0.5) is 0 Å². The molecule has 2 nitrogen and oxygen atoms in total. The van der Waals surface area contributed by atoms with E-state index in [-0.39, 0.29) is 0 Å². The van der Waals surface area contributed by atoms with Crippen molar-refractivity contribution in [3.63, 3.8) is 0 Å². The van der Waals surface area contributed by atoms with Crippen molar-refractivity contribution < 1.29 is 0 Å². The fourth-order valence-electron chi connectivity index (χ4n) is 2.56. The molecule has 1 heterocycles. The molecule has 2 fully saturated rings. The molecule has 0 atom stereocenters. The Balaban J connectivity index is 1.58. The molecule has 0 unspecified atom stereocenters. The van der Waals surface area contributed by atoms with Gasteiger partial charge in [0.2, 0.25) is 0 Å². The molecule has 2 aliphatic rings. The molecular weight excluding hydrogens is 196 g/mol. The lowest BCUT2D eigenvalue weighted by Crippen LogP contribution is -2.43. The van der Waals surface area contributed by atoms with Crippen LogP contribution < -0.4 is 5.32 Å². The summed E-state index contributed by atoms with van der Waals surface area (Å²) in [6.07, 6.45) is 6.93. The van der Waals surface area contributed by atoms with Crippen molar-refractivity contribution in [1.82, 2.24) is 10.2 Å². The zero-order valence-electron chi connectivity index (χ0n) is 11.3. The van der Waals surface area contributed by atoms with Gasteiger partial charge in [0.25, 0.3) is 0 Å². The first kappa shape index (κ1) is 12.4. The highest BCUT2D eigenvalue weighted by molar-refractivity contribution is 4.88. The van der Waals surface area contributed by atoms with Crippen molar-refractivity contribution >= 4 is 0 Å². The maximum Gasteiger partial charge on any atom is 0.00964 e. The van der Waals surface area contributed by atoms with E-state index in [1.165, 1.54) is 51.7 Å². The van der Waals surface area contributed by atoms with E-state index in [4.69, 9.17) is 0 Å². The minimum atomic E-state index is 0.474. The predicted octanol–water partition coefficient (Wildman–Crippen LogP) is 2.64. The van der Waals surface area contributed by atoms with Gasteiger partial charge in [0.1, 0.15) is 0 Å². The Hall–Kier alpha value is -0.0800. The van der Waals surface area contributed by atoms with Gasteiger partial charge in [-0.1, -0.05) is 20.8 Å². The summed E-state index contributed by atoms with van der Waals surface area (Å²) in [4.78, 5) is 2.70. The number of hydrogen-bond acceptors (Lipinski definition) is 2. The van der Waals surface area contributed by atoms with Gasteiger partial charge in [-0.15, -0.1) is 0 Å². The average molecular weight is 224 g/mol. The number of piperidine rings is 1. The average Bonchev–Trinajstić information content (AvgIpc) is 3.00. The fourth-order valence-corrected chi connectivity index (χ4v) is 2.56. The summed E-state index contributed by atoms with van der Waals surface area (Å²) in [6, 6.07) is 1.76. The summed E-state index contributed by atoms with van der Waals surface area (Å²) >= 11 is 0. The van der Waals surface area contributed by atoms with E-state index >= 15 is 0 Å². The van der Waals surface area contributed by atoms with Gasteiger partial charge in [-0.05, 0) is 57.2 Å². The molecule has 16 heavy (non-hydrogen) atoms. The van der Waals surface area contributed by atoms with E-state index in [1.54, 1.807) is 0 Å². The van der Waals surface area contributed by atoms with Gasteiger partial charge in [0.05, 0.1) is 0 Å². The summed E-state index contributed by atoms with van der Waals surface area (Å²) in [5.41, 5.74) is 0.474. The van der Waals surface area contributed by atoms with Gasteiger partial charge in [-0.25, -0.2) is 0 Å². The lowest BCUT2D eigenvalue weighted by molar-refractivity contribution is 0.187. The van der Waals surface area contributed by atoms with Crippen molar-refractivity contribution in [1.29, 1.82) is 0 Å². The van der Waals surface area contributed by atoms with E-state index in [0.29, 0.717) is 5.41 Å². The molecule has 0 amide bonds. The highest BCUT2D eigenvalue weighted by atomic mass is 15.2. The second kappa shape index (κ2) is 5.05. The zero-order valence-corrected chi connectivity index (χ0v) is 11.3. The van der Waals surface area contributed by atoms with Crippen LogP contribution in [-0.4, -0.2) is 36.6 Å². The molecule has 0 bridgehead atoms. The highest BCUT2D eigenvalue weighted by Crippen LogP contribution is 2.29. The fraction of sp³-hybridized carbons (Fsp3) is 1.00. The summed E-state index contributed by atoms with van der Waals surface area (Å²) in [7, 11) is 0. The largest absolute Gasteiger partial charge is 0.314 e. The van der Waals surface area contributed by atoms with Crippen LogP contribution in [0, 0.1) is 5.41 Å². The molecule has 2 rings (SSSR count). The monoisotopic (exact) mass is 224 g/mol. The van der Waals surface area contributed by atoms with Crippen molar-refractivity contribution in [2.75, 3.05) is 19.6 Å². The third-order valence-corrected chi connectivity index (χ3v) is 3.90. The van der Waals surface area contributed by atoms with Gasteiger partial charge in [-0.3, -0.25) is 0 Å². The van der Waals surface area contributed by atoms with Crippen LogP contribution in [-0.2, 0) is 0 Å². The molecule has 0 spiro atoms. The molecule has 2 heteroatoms. The summed E-state index contributed by atoms with van der Waals surface area (Å²) < 4.78 is 0. The minimum absolute atomic E-state index is 0.474. The second-order valence-corrected chi connectivity index (χ2v) is 6.81. The smallest absolute Gasteiger partial charge is 0.00964 e. The highest BCUT2D eigenvalue weighted by Gasteiger charge is 2.31. The molecule has 0 aromatic carbocycles. The van der Waals surface area contributed by atoms with Crippen LogP contribution in [0.1, 0.15) is 52.9 Å². The molecule has 94 valence electrons. The first-order valence-electron chi connectivity index (χ1n) is 7.02. The molecular formula is C14H28N2. The number of rotatable bonds is 4. The number of likely N-dealkylation sites (tertiary alicyclic amines) is 1. The lowest BCUT2D eigenvalue weighted by Gasteiger charge is -2.33. The topological polar surface area (TPSA) is 15.3 Å². The van der Waals surface area contributed by atoms with Gasteiger partial charge in [-0.2, -0.15) is 0 Å². The SMILES string of the molecule is CC(C)(C)CCNC1CCN(C2CC2)CC1. The molecule has 1 saturated heterocycles. The molecule has 1 saturated carbocycles. The van der Waals surface area contributed by atoms with Crippen molar-refractivity contribution in [2.45, 2.75) is 65.0 Å². The van der Waals surface area contributed by atoms with Crippen LogP contribution in [0.5, 0.6) is 0 Å². The quantitative estimate of drug-likeness (QED) is 0.790. The molecule has 0 radical (unpaired) electrons. The Bertz CT molecular complexity index is 207. The Morgan fingerprint density at radius 2 is 1.69 bits per heavy atom. The Labute approximate surface area is 101 Å². The lowest BCUT2D eigenvalue weighted by atomic mass is 9.92. The third kappa shape index (κ3) is 4.06. The Morgan fingerprint density at radius 3 is 2.19 bits per heavy atom. The zero-order chi connectivity index (χ0) is 11.6. The third-order valence-electron chi connectivity index (χ3n) is 3.90. The van der Waals surface area contributed by atoms with Crippen LogP contribution in [0.25, 0.3) is 0 Å². The van der Waals surface area contributed by atoms with Gasteiger partial charge < -0.3 is 10.2 Å². The molecule has 1 aliphatic heterocycles. The molecule has 1 N–H and O–H groups in total. The molecule has 0 aromatic rings. The van der Waals surface area contributed by atoms with Gasteiger partial charge in [0.15, 0.2) is 0 Å². The number of hydrogen-bond donors (Lipinski definition) is 1. The van der Waals surface area contributed by atoms with Crippen LogP contribution >= 0.6 is 0 Å². The molecule has 1 aliphatic carbocycles. The first-order valence-corrected chi connectivity index (χ1v) is 7.02. The minimum Gasteiger partial charge on any atom is -0.314 e. The standard InChI is InChI=1S/C14H28N2/c1-14(2,3)8-9-15-12-6-10-16(11-7-12)13-4-5-13/h12-13,15H,4-11H2,1-3H3. The molecule has 0 aromatic heterocycles. The van der Waals surface area contributed by atoms with Crippen molar-refractivity contribution in [3.05, 3.63) is 0 Å². The Morgan fingerprint density at radius 1 is 1.06 bits per heavy atom. The van der Waals surface area contributed by atoms with E-state index < -0.39 is 0 Å². The maximum absolute atomic E-state index is 3.73. The Kier molecular flexibility index (Phi) is 3.91. The van der Waals surface area contributed by atoms with E-state index in [2.05, 4.69) is 31.0 Å². The number of nitrogens with zero attached hydrogens (tertiary/aromatic N) is 1. The van der Waals surface area contributed by atoms with Crippen LogP contribution in [0.2, 0.25) is 0 Å².